The second-order valence-electron chi connectivity index (χ2n) is 12.2. The number of unbranched alkanes of at least 4 members (excludes halogenated alkanes) is 11. The molecular formula is C32H66. The van der Waals surface area contributed by atoms with Gasteiger partial charge in [0.25, 0.3) is 0 Å². The van der Waals surface area contributed by atoms with Crippen molar-refractivity contribution in [1.29, 1.82) is 0 Å². The van der Waals surface area contributed by atoms with Crippen molar-refractivity contribution in [2.24, 2.45) is 23.7 Å². The Morgan fingerprint density at radius 2 is 0.594 bits per heavy atom. The lowest BCUT2D eigenvalue weighted by atomic mass is 9.92. The minimum absolute atomic E-state index is 0.893. The zero-order valence-electron chi connectivity index (χ0n) is 23.9. The highest BCUT2D eigenvalue weighted by molar-refractivity contribution is 4.60. The summed E-state index contributed by atoms with van der Waals surface area (Å²) in [6, 6.07) is 0. The van der Waals surface area contributed by atoms with E-state index in [2.05, 4.69) is 41.5 Å². The van der Waals surface area contributed by atoms with Gasteiger partial charge < -0.3 is 0 Å². The lowest BCUT2D eigenvalue weighted by Crippen LogP contribution is -1.99. The van der Waals surface area contributed by atoms with Crippen LogP contribution in [0.1, 0.15) is 183 Å². The summed E-state index contributed by atoms with van der Waals surface area (Å²) in [7, 11) is 0. The van der Waals surface area contributed by atoms with Gasteiger partial charge >= 0.3 is 0 Å². The first-order valence-electron chi connectivity index (χ1n) is 15.5. The SMILES string of the molecule is CCCCC(C)CCCC(C)CCCCCC(C)CCCCCCCCCCCC(C)C. The normalized spacial score (nSPS) is 14.7. The Kier molecular flexibility index (Phi) is 24.1. The molecule has 0 bridgehead atoms. The van der Waals surface area contributed by atoms with Crippen molar-refractivity contribution in [3.63, 3.8) is 0 Å². The van der Waals surface area contributed by atoms with Crippen LogP contribution in [-0.4, -0.2) is 0 Å². The van der Waals surface area contributed by atoms with E-state index in [9.17, 15) is 0 Å². The molecule has 0 aromatic carbocycles. The van der Waals surface area contributed by atoms with Gasteiger partial charge in [0.2, 0.25) is 0 Å². The predicted molar refractivity (Wildman–Crippen MR) is 150 cm³/mol. The summed E-state index contributed by atoms with van der Waals surface area (Å²) in [5.74, 6) is 3.75. The number of rotatable bonds is 25. The fraction of sp³-hybridized carbons (Fsp3) is 1.00. The molecule has 0 heterocycles. The maximum Gasteiger partial charge on any atom is -0.0443 e. The van der Waals surface area contributed by atoms with Gasteiger partial charge in [-0.2, -0.15) is 0 Å². The predicted octanol–water partition coefficient (Wildman–Crippen LogP) is 12.2. The monoisotopic (exact) mass is 451 g/mol. The minimum Gasteiger partial charge on any atom is -0.0654 e. The average Bonchev–Trinajstić information content (AvgIpc) is 2.75. The van der Waals surface area contributed by atoms with Crippen molar-refractivity contribution in [2.75, 3.05) is 0 Å². The Morgan fingerprint density at radius 3 is 0.969 bits per heavy atom. The first kappa shape index (κ1) is 32.0. The summed E-state index contributed by atoms with van der Waals surface area (Å²) in [6.07, 6.45) is 32.1. The molecule has 0 rings (SSSR count). The molecule has 3 unspecified atom stereocenters. The van der Waals surface area contributed by atoms with Crippen molar-refractivity contribution in [2.45, 2.75) is 183 Å². The third-order valence-electron chi connectivity index (χ3n) is 7.82. The lowest BCUT2D eigenvalue weighted by Gasteiger charge is -2.15. The van der Waals surface area contributed by atoms with E-state index < -0.39 is 0 Å². The van der Waals surface area contributed by atoms with Gasteiger partial charge in [-0.15, -0.1) is 0 Å². The van der Waals surface area contributed by atoms with E-state index in [4.69, 9.17) is 0 Å². The average molecular weight is 451 g/mol. The highest BCUT2D eigenvalue weighted by atomic mass is 14.1. The number of hydrogen-bond donors (Lipinski definition) is 0. The molecule has 0 N–H and O–H groups in total. The molecule has 0 radical (unpaired) electrons. The van der Waals surface area contributed by atoms with Gasteiger partial charge in [0.05, 0.1) is 0 Å². The Morgan fingerprint density at radius 1 is 0.312 bits per heavy atom. The van der Waals surface area contributed by atoms with Gasteiger partial charge in [-0.25, -0.2) is 0 Å². The molecule has 0 aromatic heterocycles. The lowest BCUT2D eigenvalue weighted by molar-refractivity contribution is 0.387. The Hall–Kier alpha value is 0. The molecule has 0 heteroatoms. The topological polar surface area (TPSA) is 0 Å². The van der Waals surface area contributed by atoms with Crippen LogP contribution in [0.4, 0.5) is 0 Å². The number of hydrogen-bond acceptors (Lipinski definition) is 0. The van der Waals surface area contributed by atoms with Crippen LogP contribution in [0, 0.1) is 23.7 Å². The fourth-order valence-electron chi connectivity index (χ4n) is 5.25. The van der Waals surface area contributed by atoms with E-state index in [0.29, 0.717) is 0 Å². The molecule has 0 saturated carbocycles. The van der Waals surface area contributed by atoms with Crippen molar-refractivity contribution >= 4 is 0 Å². The van der Waals surface area contributed by atoms with Gasteiger partial charge in [0, 0.05) is 0 Å². The largest absolute Gasteiger partial charge is 0.0654 e. The Balaban J connectivity index is 3.33. The van der Waals surface area contributed by atoms with Crippen LogP contribution in [-0.2, 0) is 0 Å². The van der Waals surface area contributed by atoms with Crippen LogP contribution in [0.3, 0.4) is 0 Å². The van der Waals surface area contributed by atoms with Gasteiger partial charge in [0.15, 0.2) is 0 Å². The Bertz CT molecular complexity index is 344. The van der Waals surface area contributed by atoms with E-state index in [0.717, 1.165) is 23.7 Å². The summed E-state index contributed by atoms with van der Waals surface area (Å²) < 4.78 is 0. The molecule has 0 nitrogen and oxygen atoms in total. The molecule has 3 atom stereocenters. The Labute approximate surface area is 206 Å². The summed E-state index contributed by atoms with van der Waals surface area (Å²) >= 11 is 0. The molecule has 0 saturated heterocycles. The molecule has 0 aliphatic carbocycles. The van der Waals surface area contributed by atoms with E-state index in [-0.39, 0.29) is 0 Å². The molecule has 0 fully saturated rings. The summed E-state index contributed by atoms with van der Waals surface area (Å²) in [4.78, 5) is 0. The third-order valence-corrected chi connectivity index (χ3v) is 7.82. The zero-order chi connectivity index (χ0) is 23.9. The maximum absolute atomic E-state index is 2.50. The van der Waals surface area contributed by atoms with E-state index >= 15 is 0 Å². The van der Waals surface area contributed by atoms with Crippen LogP contribution in [0.2, 0.25) is 0 Å². The van der Waals surface area contributed by atoms with Crippen molar-refractivity contribution in [3.8, 4) is 0 Å². The van der Waals surface area contributed by atoms with Gasteiger partial charge in [-0.1, -0.05) is 183 Å². The van der Waals surface area contributed by atoms with E-state index in [1.807, 2.05) is 0 Å². The summed E-state index contributed by atoms with van der Waals surface area (Å²) in [6.45, 7) is 14.5. The first-order chi connectivity index (χ1) is 15.5. The molecule has 194 valence electrons. The van der Waals surface area contributed by atoms with Crippen LogP contribution in [0.15, 0.2) is 0 Å². The van der Waals surface area contributed by atoms with Crippen LogP contribution in [0.25, 0.3) is 0 Å². The second kappa shape index (κ2) is 24.1. The van der Waals surface area contributed by atoms with Crippen molar-refractivity contribution in [3.05, 3.63) is 0 Å². The highest BCUT2D eigenvalue weighted by Gasteiger charge is 2.06. The molecule has 0 aliphatic heterocycles. The fourth-order valence-corrected chi connectivity index (χ4v) is 5.25. The van der Waals surface area contributed by atoms with Crippen LogP contribution < -0.4 is 0 Å². The molecule has 0 aliphatic rings. The highest BCUT2D eigenvalue weighted by Crippen LogP contribution is 2.22. The van der Waals surface area contributed by atoms with Gasteiger partial charge in [-0.3, -0.25) is 0 Å². The summed E-state index contributed by atoms with van der Waals surface area (Å²) in [5, 5.41) is 0. The van der Waals surface area contributed by atoms with Gasteiger partial charge in [0.1, 0.15) is 0 Å². The second-order valence-corrected chi connectivity index (χ2v) is 12.2. The van der Waals surface area contributed by atoms with Crippen molar-refractivity contribution in [1.82, 2.24) is 0 Å². The van der Waals surface area contributed by atoms with Gasteiger partial charge in [-0.05, 0) is 23.7 Å². The molecule has 0 amide bonds. The van der Waals surface area contributed by atoms with Crippen molar-refractivity contribution < 1.29 is 0 Å². The summed E-state index contributed by atoms with van der Waals surface area (Å²) in [5.41, 5.74) is 0. The van der Waals surface area contributed by atoms with Crippen LogP contribution >= 0.6 is 0 Å². The van der Waals surface area contributed by atoms with Crippen LogP contribution in [0.5, 0.6) is 0 Å². The quantitative estimate of drug-likeness (QED) is 0.121. The molecule has 0 spiro atoms. The maximum atomic E-state index is 2.50. The first-order valence-corrected chi connectivity index (χ1v) is 15.5. The molecule has 0 aromatic rings. The molecular weight excluding hydrogens is 384 g/mol. The minimum atomic E-state index is 0.893. The van der Waals surface area contributed by atoms with E-state index in [1.54, 1.807) is 0 Å². The zero-order valence-corrected chi connectivity index (χ0v) is 23.9. The molecule has 32 heavy (non-hydrogen) atoms. The van der Waals surface area contributed by atoms with E-state index in [1.165, 1.54) is 141 Å². The third kappa shape index (κ3) is 24.6. The standard InChI is InChI=1S/C32H66/c1-7-8-23-30(4)27-21-28-32(6)26-20-16-19-25-31(5)24-18-15-13-11-9-10-12-14-17-22-29(2)3/h29-32H,7-28H2,1-6H3. The smallest absolute Gasteiger partial charge is 0.0443 e.